The molecule has 80 valence electrons. The van der Waals surface area contributed by atoms with Gasteiger partial charge >= 0.3 is 12.1 Å². The lowest BCUT2D eigenvalue weighted by Gasteiger charge is -2.13. The van der Waals surface area contributed by atoms with Gasteiger partial charge in [-0.25, -0.2) is 4.79 Å². The third-order valence-corrected chi connectivity index (χ3v) is 2.44. The van der Waals surface area contributed by atoms with Crippen LogP contribution in [0.2, 0.25) is 0 Å². The maximum Gasteiger partial charge on any atom is 0.409 e. The maximum atomic E-state index is 11.1. The van der Waals surface area contributed by atoms with Crippen LogP contribution in [0.1, 0.15) is 0 Å². The third-order valence-electron chi connectivity index (χ3n) is 2.44. The van der Waals surface area contributed by atoms with Crippen LogP contribution in [-0.2, 0) is 9.53 Å². The van der Waals surface area contributed by atoms with E-state index in [0.29, 0.717) is 6.54 Å². The van der Waals surface area contributed by atoms with Crippen LogP contribution in [0.3, 0.4) is 0 Å². The molecule has 6 heteroatoms. The molecule has 14 heavy (non-hydrogen) atoms. The molecule has 0 aromatic heterocycles. The molecule has 1 amide bonds. The van der Waals surface area contributed by atoms with Gasteiger partial charge in [0.25, 0.3) is 0 Å². The van der Waals surface area contributed by atoms with Gasteiger partial charge in [-0.2, -0.15) is 0 Å². The van der Waals surface area contributed by atoms with E-state index in [4.69, 9.17) is 5.11 Å². The second-order valence-electron chi connectivity index (χ2n) is 3.21. The van der Waals surface area contributed by atoms with Crippen LogP contribution >= 0.6 is 0 Å². The average molecular weight is 202 g/mol. The Morgan fingerprint density at radius 2 is 2.14 bits per heavy atom. The maximum absolute atomic E-state index is 11.1. The Hall–Kier alpha value is -1.30. The van der Waals surface area contributed by atoms with Crippen molar-refractivity contribution in [2.45, 2.75) is 6.04 Å². The summed E-state index contributed by atoms with van der Waals surface area (Å²) in [5, 5.41) is 11.7. The first-order valence-electron chi connectivity index (χ1n) is 4.33. The quantitative estimate of drug-likeness (QED) is 0.622. The molecular formula is C8H14N2O4. The highest BCUT2D eigenvalue weighted by Gasteiger charge is 2.39. The summed E-state index contributed by atoms with van der Waals surface area (Å²) in [5.41, 5.74) is 0. The molecule has 0 aliphatic carbocycles. The first-order chi connectivity index (χ1) is 6.60. The van der Waals surface area contributed by atoms with Crippen molar-refractivity contribution in [1.82, 2.24) is 10.2 Å². The average Bonchev–Trinajstić information content (AvgIpc) is 2.60. The zero-order valence-corrected chi connectivity index (χ0v) is 8.19. The number of nitrogens with one attached hydrogen (secondary N) is 1. The predicted octanol–water partition coefficient (Wildman–Crippen LogP) is -0.643. The normalized spacial score (nSPS) is 26.3. The van der Waals surface area contributed by atoms with E-state index in [-0.39, 0.29) is 12.6 Å². The van der Waals surface area contributed by atoms with E-state index in [1.165, 1.54) is 12.0 Å². The summed E-state index contributed by atoms with van der Waals surface area (Å²) in [6, 6.07) is -0.202. The van der Waals surface area contributed by atoms with Gasteiger partial charge in [0.2, 0.25) is 0 Å². The van der Waals surface area contributed by atoms with Crippen LogP contribution < -0.4 is 5.32 Å². The van der Waals surface area contributed by atoms with Crippen LogP contribution in [0.25, 0.3) is 0 Å². The van der Waals surface area contributed by atoms with E-state index in [2.05, 4.69) is 10.1 Å². The van der Waals surface area contributed by atoms with Gasteiger partial charge in [-0.3, -0.25) is 4.79 Å². The molecular weight excluding hydrogens is 188 g/mol. The summed E-state index contributed by atoms with van der Waals surface area (Å²) in [5.74, 6) is -1.45. The second-order valence-corrected chi connectivity index (χ2v) is 3.21. The largest absolute Gasteiger partial charge is 0.481 e. The van der Waals surface area contributed by atoms with Gasteiger partial charge in [0.15, 0.2) is 0 Å². The summed E-state index contributed by atoms with van der Waals surface area (Å²) in [6.45, 7) is 0.577. The Morgan fingerprint density at radius 1 is 1.50 bits per heavy atom. The monoisotopic (exact) mass is 202 g/mol. The van der Waals surface area contributed by atoms with Crippen molar-refractivity contribution in [3.63, 3.8) is 0 Å². The number of likely N-dealkylation sites (N-methyl/N-ethyl adjacent to an activating group) is 1. The highest BCUT2D eigenvalue weighted by molar-refractivity contribution is 5.75. The van der Waals surface area contributed by atoms with Crippen molar-refractivity contribution in [3.8, 4) is 0 Å². The summed E-state index contributed by atoms with van der Waals surface area (Å²) in [7, 11) is 2.96. The Labute approximate surface area is 81.8 Å². The molecule has 0 aromatic rings. The fourth-order valence-electron chi connectivity index (χ4n) is 1.62. The van der Waals surface area contributed by atoms with E-state index in [1.807, 2.05) is 0 Å². The number of carboxylic acids is 1. The highest BCUT2D eigenvalue weighted by atomic mass is 16.5. The molecule has 0 radical (unpaired) electrons. The van der Waals surface area contributed by atoms with Crippen LogP contribution in [0.4, 0.5) is 4.79 Å². The highest BCUT2D eigenvalue weighted by Crippen LogP contribution is 2.17. The van der Waals surface area contributed by atoms with Crippen molar-refractivity contribution in [1.29, 1.82) is 0 Å². The molecule has 0 saturated carbocycles. The number of likely N-dealkylation sites (tertiary alicyclic amines) is 1. The lowest BCUT2D eigenvalue weighted by atomic mass is 10.1. The summed E-state index contributed by atoms with van der Waals surface area (Å²) < 4.78 is 4.52. The zero-order chi connectivity index (χ0) is 10.7. The number of nitrogens with zero attached hydrogens (tertiary/aromatic N) is 1. The number of hydrogen-bond acceptors (Lipinski definition) is 4. The van der Waals surface area contributed by atoms with E-state index in [0.717, 1.165) is 0 Å². The molecule has 0 spiro atoms. The topological polar surface area (TPSA) is 78.9 Å². The van der Waals surface area contributed by atoms with E-state index < -0.39 is 18.0 Å². The van der Waals surface area contributed by atoms with Crippen molar-refractivity contribution in [3.05, 3.63) is 0 Å². The first kappa shape index (κ1) is 10.8. The van der Waals surface area contributed by atoms with Crippen molar-refractivity contribution < 1.29 is 19.4 Å². The molecule has 1 aliphatic heterocycles. The van der Waals surface area contributed by atoms with Gasteiger partial charge < -0.3 is 20.1 Å². The number of carbonyl (C=O) groups excluding carboxylic acids is 1. The lowest BCUT2D eigenvalue weighted by Crippen LogP contribution is -2.37. The molecule has 2 unspecified atom stereocenters. The number of aliphatic carboxylic acids is 1. The van der Waals surface area contributed by atoms with Gasteiger partial charge in [0, 0.05) is 19.1 Å². The van der Waals surface area contributed by atoms with Crippen LogP contribution in [0.5, 0.6) is 0 Å². The SMILES string of the molecule is CNC1CN(C(=O)OC)CC1C(=O)O. The number of carboxylic acid groups (broad SMARTS) is 1. The minimum absolute atomic E-state index is 0.202. The molecule has 0 bridgehead atoms. The van der Waals surface area contributed by atoms with Gasteiger partial charge in [-0.05, 0) is 7.05 Å². The molecule has 0 aromatic carbocycles. The van der Waals surface area contributed by atoms with E-state index in [9.17, 15) is 9.59 Å². The van der Waals surface area contributed by atoms with Gasteiger partial charge in [-0.1, -0.05) is 0 Å². The Balaban J connectivity index is 2.65. The van der Waals surface area contributed by atoms with Gasteiger partial charge in [-0.15, -0.1) is 0 Å². The first-order valence-corrected chi connectivity index (χ1v) is 4.33. The summed E-state index contributed by atoms with van der Waals surface area (Å²) >= 11 is 0. The molecule has 2 atom stereocenters. The summed E-state index contributed by atoms with van der Waals surface area (Å²) in [6.07, 6.45) is -0.478. The van der Waals surface area contributed by atoms with Crippen molar-refractivity contribution >= 4 is 12.1 Å². The molecule has 2 N–H and O–H groups in total. The third kappa shape index (κ3) is 1.95. The van der Waals surface area contributed by atoms with Crippen molar-refractivity contribution in [2.75, 3.05) is 27.2 Å². The molecule has 1 saturated heterocycles. The zero-order valence-electron chi connectivity index (χ0n) is 8.19. The summed E-state index contributed by atoms with van der Waals surface area (Å²) in [4.78, 5) is 23.3. The lowest BCUT2D eigenvalue weighted by molar-refractivity contribution is -0.141. The van der Waals surface area contributed by atoms with E-state index >= 15 is 0 Å². The van der Waals surface area contributed by atoms with E-state index in [1.54, 1.807) is 7.05 Å². The fourth-order valence-corrected chi connectivity index (χ4v) is 1.62. The number of hydrogen-bond donors (Lipinski definition) is 2. The molecule has 1 rings (SSSR count). The number of rotatable bonds is 2. The van der Waals surface area contributed by atoms with Gasteiger partial charge in [0.05, 0.1) is 13.0 Å². The minimum Gasteiger partial charge on any atom is -0.481 e. The Kier molecular flexibility index (Phi) is 3.29. The van der Waals surface area contributed by atoms with Crippen molar-refractivity contribution in [2.24, 2.45) is 5.92 Å². The van der Waals surface area contributed by atoms with Gasteiger partial charge in [0.1, 0.15) is 0 Å². The Morgan fingerprint density at radius 3 is 2.50 bits per heavy atom. The second kappa shape index (κ2) is 4.28. The number of methoxy groups -OCH3 is 1. The molecule has 1 aliphatic rings. The fraction of sp³-hybridized carbons (Fsp3) is 0.750. The number of carbonyl (C=O) groups is 2. The number of amides is 1. The van der Waals surface area contributed by atoms with Crippen LogP contribution in [0.15, 0.2) is 0 Å². The number of ether oxygens (including phenoxy) is 1. The molecule has 1 heterocycles. The van der Waals surface area contributed by atoms with Crippen LogP contribution in [0, 0.1) is 5.92 Å². The molecule has 6 nitrogen and oxygen atoms in total. The molecule has 1 fully saturated rings. The predicted molar refractivity (Wildman–Crippen MR) is 48.0 cm³/mol. The smallest absolute Gasteiger partial charge is 0.409 e. The minimum atomic E-state index is -0.893. The standard InChI is InChI=1S/C8H14N2O4/c1-9-6-4-10(8(13)14-2)3-5(6)7(11)12/h5-6,9H,3-4H2,1-2H3,(H,11,12). The van der Waals surface area contributed by atoms with Crippen LogP contribution in [-0.4, -0.2) is 55.4 Å². The Bertz CT molecular complexity index is 243.